The van der Waals surface area contributed by atoms with E-state index in [1.165, 1.54) is 28.6 Å². The van der Waals surface area contributed by atoms with Crippen molar-refractivity contribution in [3.63, 3.8) is 0 Å². The van der Waals surface area contributed by atoms with Crippen LogP contribution in [-0.2, 0) is 0 Å². The Kier molecular flexibility index (Phi) is 7.34. The summed E-state index contributed by atoms with van der Waals surface area (Å²) < 4.78 is 11.1. The van der Waals surface area contributed by atoms with E-state index in [2.05, 4.69) is 36.9 Å². The zero-order valence-electron chi connectivity index (χ0n) is 18.4. The first-order valence-corrected chi connectivity index (χ1v) is 10.5. The predicted molar refractivity (Wildman–Crippen MR) is 118 cm³/mol. The molecule has 1 fully saturated rings. The van der Waals surface area contributed by atoms with E-state index >= 15 is 0 Å². The second-order valence-electron chi connectivity index (χ2n) is 8.07. The van der Waals surface area contributed by atoms with Crippen LogP contribution in [0, 0.1) is 13.8 Å². The lowest BCUT2D eigenvalue weighted by Crippen LogP contribution is -3.16. The predicted octanol–water partition coefficient (Wildman–Crippen LogP) is 1.66. The zero-order chi connectivity index (χ0) is 21.7. The molecular formula is C24H33N2O4+. The number of ketones is 1. The summed E-state index contributed by atoms with van der Waals surface area (Å²) in [5, 5.41) is 10.5. The number of piperazine rings is 1. The molecule has 0 radical (unpaired) electrons. The maximum Gasteiger partial charge on any atom is 0.161 e. The maximum absolute atomic E-state index is 11.5. The third-order valence-corrected chi connectivity index (χ3v) is 5.75. The number of hydrogen-bond acceptors (Lipinski definition) is 5. The highest BCUT2D eigenvalue weighted by molar-refractivity contribution is 5.94. The van der Waals surface area contributed by atoms with Crippen molar-refractivity contribution in [2.45, 2.75) is 26.9 Å². The van der Waals surface area contributed by atoms with E-state index in [-0.39, 0.29) is 12.4 Å². The smallest absolute Gasteiger partial charge is 0.161 e. The first kappa shape index (κ1) is 22.1. The van der Waals surface area contributed by atoms with Gasteiger partial charge in [-0.05, 0) is 50.1 Å². The van der Waals surface area contributed by atoms with Gasteiger partial charge in [-0.1, -0.05) is 18.2 Å². The van der Waals surface area contributed by atoms with Gasteiger partial charge in [0.25, 0.3) is 0 Å². The molecule has 2 aromatic carbocycles. The van der Waals surface area contributed by atoms with Crippen LogP contribution in [0.2, 0.25) is 0 Å². The van der Waals surface area contributed by atoms with Gasteiger partial charge in [-0.3, -0.25) is 4.79 Å². The number of Topliss-reactive ketones (excluding diaryl/α,β-unsaturated/α-hetero) is 1. The lowest BCUT2D eigenvalue weighted by Gasteiger charge is -2.36. The Morgan fingerprint density at radius 3 is 2.40 bits per heavy atom. The van der Waals surface area contributed by atoms with Gasteiger partial charge in [-0.25, -0.2) is 0 Å². The number of methoxy groups -OCH3 is 1. The molecule has 1 aliphatic rings. The van der Waals surface area contributed by atoms with Crippen molar-refractivity contribution >= 4 is 11.5 Å². The molecule has 162 valence electrons. The lowest BCUT2D eigenvalue weighted by atomic mass is 10.1. The molecule has 3 rings (SSSR count). The number of anilines is 1. The van der Waals surface area contributed by atoms with Crippen LogP contribution in [0.5, 0.6) is 11.5 Å². The largest absolute Gasteiger partial charge is 0.493 e. The Bertz CT molecular complexity index is 855. The van der Waals surface area contributed by atoms with Crippen molar-refractivity contribution < 1.29 is 24.3 Å². The number of para-hydroxylation sites is 1. The summed E-state index contributed by atoms with van der Waals surface area (Å²) >= 11 is 0. The quantitative estimate of drug-likeness (QED) is 0.645. The first-order valence-electron chi connectivity index (χ1n) is 10.5. The minimum Gasteiger partial charge on any atom is -0.493 e. The molecule has 1 saturated heterocycles. The van der Waals surface area contributed by atoms with Gasteiger partial charge in [-0.2, -0.15) is 0 Å². The second-order valence-corrected chi connectivity index (χ2v) is 8.07. The van der Waals surface area contributed by atoms with Crippen LogP contribution in [0.25, 0.3) is 0 Å². The van der Waals surface area contributed by atoms with Crippen molar-refractivity contribution in [1.29, 1.82) is 0 Å². The normalized spacial score (nSPS) is 15.7. The number of hydrogen-bond donors (Lipinski definition) is 2. The van der Waals surface area contributed by atoms with Gasteiger partial charge < -0.3 is 24.4 Å². The number of benzene rings is 2. The van der Waals surface area contributed by atoms with Crippen molar-refractivity contribution in [1.82, 2.24) is 0 Å². The first-order chi connectivity index (χ1) is 14.4. The van der Waals surface area contributed by atoms with Crippen molar-refractivity contribution in [3.8, 4) is 11.5 Å². The summed E-state index contributed by atoms with van der Waals surface area (Å²) in [6.07, 6.45) is -0.566. The minimum atomic E-state index is -0.566. The third kappa shape index (κ3) is 5.32. The van der Waals surface area contributed by atoms with Crippen molar-refractivity contribution in [2.24, 2.45) is 0 Å². The van der Waals surface area contributed by atoms with E-state index in [1.807, 2.05) is 0 Å². The summed E-state index contributed by atoms with van der Waals surface area (Å²) in [6, 6.07) is 11.5. The number of aryl methyl sites for hydroxylation is 2. The Labute approximate surface area is 179 Å². The molecule has 0 aromatic heterocycles. The highest BCUT2D eigenvalue weighted by Crippen LogP contribution is 2.28. The SMILES string of the molecule is COc1cc(C(C)=O)ccc1OC[C@H](O)C[NH+]1CCN(c2c(C)cccc2C)CC1. The highest BCUT2D eigenvalue weighted by atomic mass is 16.5. The topological polar surface area (TPSA) is 63.4 Å². The van der Waals surface area contributed by atoms with Gasteiger partial charge in [0.05, 0.1) is 33.3 Å². The van der Waals surface area contributed by atoms with Crippen LogP contribution >= 0.6 is 0 Å². The third-order valence-electron chi connectivity index (χ3n) is 5.75. The summed E-state index contributed by atoms with van der Waals surface area (Å²) in [6.45, 7) is 10.6. The Morgan fingerprint density at radius 1 is 1.13 bits per heavy atom. The summed E-state index contributed by atoms with van der Waals surface area (Å²) in [5.41, 5.74) is 4.56. The fourth-order valence-electron chi connectivity index (χ4n) is 4.14. The highest BCUT2D eigenvalue weighted by Gasteiger charge is 2.24. The van der Waals surface area contributed by atoms with Crippen LogP contribution in [0.4, 0.5) is 5.69 Å². The maximum atomic E-state index is 11.5. The van der Waals surface area contributed by atoms with Gasteiger partial charge in [0.15, 0.2) is 17.3 Å². The number of rotatable bonds is 8. The molecule has 1 atom stereocenters. The molecule has 0 aliphatic carbocycles. The molecule has 2 aromatic rings. The van der Waals surface area contributed by atoms with Crippen molar-refractivity contribution in [3.05, 3.63) is 53.1 Å². The van der Waals surface area contributed by atoms with Crippen molar-refractivity contribution in [2.75, 3.05) is 51.3 Å². The van der Waals surface area contributed by atoms with Crippen LogP contribution in [0.3, 0.4) is 0 Å². The second kappa shape index (κ2) is 9.96. The summed E-state index contributed by atoms with van der Waals surface area (Å²) in [4.78, 5) is 15.4. The van der Waals surface area contributed by atoms with Gasteiger partial charge in [0.1, 0.15) is 19.3 Å². The van der Waals surface area contributed by atoms with E-state index < -0.39 is 6.10 Å². The van der Waals surface area contributed by atoms with Gasteiger partial charge in [-0.15, -0.1) is 0 Å². The standard InChI is InChI=1S/C24H32N2O4/c1-17-6-5-7-18(2)24(17)26-12-10-25(11-13-26)15-21(28)16-30-22-9-8-20(19(3)27)14-23(22)29-4/h5-9,14,21,28H,10-13,15-16H2,1-4H3/p+1/t21-/m1/s1. The molecule has 6 heteroatoms. The number of quaternary nitrogens is 1. The number of ether oxygens (including phenoxy) is 2. The monoisotopic (exact) mass is 413 g/mol. The molecule has 0 amide bonds. The molecule has 2 N–H and O–H groups in total. The number of nitrogens with one attached hydrogen (secondary N) is 1. The van der Waals surface area contributed by atoms with E-state index in [1.54, 1.807) is 25.3 Å². The fraction of sp³-hybridized carbons (Fsp3) is 0.458. The Balaban J connectivity index is 1.50. The van der Waals surface area contributed by atoms with Gasteiger partial charge >= 0.3 is 0 Å². The number of aliphatic hydroxyl groups excluding tert-OH is 1. The number of carbonyl (C=O) groups excluding carboxylic acids is 1. The molecule has 0 spiro atoms. The average molecular weight is 414 g/mol. The Hall–Kier alpha value is -2.57. The van der Waals surface area contributed by atoms with Crippen LogP contribution in [0.15, 0.2) is 36.4 Å². The molecular weight excluding hydrogens is 380 g/mol. The molecule has 1 aliphatic heterocycles. The molecule has 0 unspecified atom stereocenters. The molecule has 1 heterocycles. The molecule has 0 saturated carbocycles. The van der Waals surface area contributed by atoms with E-state index in [4.69, 9.17) is 9.47 Å². The number of aliphatic hydroxyl groups is 1. The van der Waals surface area contributed by atoms with Gasteiger partial charge in [0.2, 0.25) is 0 Å². The van der Waals surface area contributed by atoms with E-state index in [0.717, 1.165) is 26.2 Å². The number of nitrogens with zero attached hydrogens (tertiary/aromatic N) is 1. The van der Waals surface area contributed by atoms with Crippen LogP contribution < -0.4 is 19.3 Å². The fourth-order valence-corrected chi connectivity index (χ4v) is 4.14. The number of carbonyl (C=O) groups is 1. The molecule has 6 nitrogen and oxygen atoms in total. The summed E-state index contributed by atoms with van der Waals surface area (Å²) in [7, 11) is 1.54. The van der Waals surface area contributed by atoms with Crippen LogP contribution in [-0.4, -0.2) is 63.4 Å². The lowest BCUT2D eigenvalue weighted by molar-refractivity contribution is -0.903. The Morgan fingerprint density at radius 2 is 1.80 bits per heavy atom. The molecule has 0 bridgehead atoms. The minimum absolute atomic E-state index is 0.0245. The van der Waals surface area contributed by atoms with Crippen LogP contribution in [0.1, 0.15) is 28.4 Å². The summed E-state index contributed by atoms with van der Waals surface area (Å²) in [5.74, 6) is 1.02. The van der Waals surface area contributed by atoms with E-state index in [0.29, 0.717) is 23.6 Å². The van der Waals surface area contributed by atoms with E-state index in [9.17, 15) is 9.90 Å². The zero-order valence-corrected chi connectivity index (χ0v) is 18.4. The average Bonchev–Trinajstić information content (AvgIpc) is 2.73. The van der Waals surface area contributed by atoms with Gasteiger partial charge in [0, 0.05) is 11.3 Å². The molecule has 30 heavy (non-hydrogen) atoms.